The van der Waals surface area contributed by atoms with Crippen LogP contribution in [0.15, 0.2) is 85.2 Å². The number of benzene rings is 2. The van der Waals surface area contributed by atoms with Crippen molar-refractivity contribution < 1.29 is 9.63 Å². The van der Waals surface area contributed by atoms with Gasteiger partial charge in [-0.2, -0.15) is 5.26 Å². The first-order valence-electron chi connectivity index (χ1n) is 10.8. The van der Waals surface area contributed by atoms with E-state index < -0.39 is 0 Å². The van der Waals surface area contributed by atoms with Crippen LogP contribution in [0.25, 0.3) is 0 Å². The molecule has 1 fully saturated rings. The zero-order valence-electron chi connectivity index (χ0n) is 17.9. The average molecular weight is 427 g/mol. The molecule has 32 heavy (non-hydrogen) atoms. The van der Waals surface area contributed by atoms with Crippen molar-refractivity contribution in [3.05, 3.63) is 102 Å². The maximum absolute atomic E-state index is 12.8. The smallest absolute Gasteiger partial charge is 0.326 e. The number of nitrogens with zero attached hydrogens (tertiary/aromatic N) is 4. The van der Waals surface area contributed by atoms with E-state index in [4.69, 9.17) is 4.84 Å². The number of nitriles is 1. The number of pyridine rings is 1. The number of hydrogen-bond acceptors (Lipinski definition) is 6. The third kappa shape index (κ3) is 5.38. The molecule has 1 atom stereocenters. The van der Waals surface area contributed by atoms with Crippen LogP contribution in [0.4, 0.5) is 0 Å². The van der Waals surface area contributed by atoms with Crippen molar-refractivity contribution in [1.82, 2.24) is 14.9 Å². The third-order valence-corrected chi connectivity index (χ3v) is 5.77. The molecule has 1 saturated heterocycles. The predicted molar refractivity (Wildman–Crippen MR) is 121 cm³/mol. The van der Waals surface area contributed by atoms with Crippen LogP contribution in [0.5, 0.6) is 0 Å². The van der Waals surface area contributed by atoms with E-state index in [1.165, 1.54) is 0 Å². The quantitative estimate of drug-likeness (QED) is 0.570. The van der Waals surface area contributed by atoms with Gasteiger partial charge in [-0.25, -0.2) is 0 Å². The summed E-state index contributed by atoms with van der Waals surface area (Å²) in [6.07, 6.45) is 3.70. The maximum atomic E-state index is 12.8. The van der Waals surface area contributed by atoms with E-state index in [2.05, 4.69) is 16.0 Å². The van der Waals surface area contributed by atoms with Gasteiger partial charge in [0.1, 0.15) is 6.04 Å². The summed E-state index contributed by atoms with van der Waals surface area (Å²) in [5, 5.41) is 11.4. The highest BCUT2D eigenvalue weighted by Gasteiger charge is 2.28. The Hall–Kier alpha value is -3.53. The van der Waals surface area contributed by atoms with Crippen LogP contribution < -0.4 is 0 Å². The van der Waals surface area contributed by atoms with Crippen molar-refractivity contribution in [2.45, 2.75) is 18.4 Å². The van der Waals surface area contributed by atoms with Gasteiger partial charge in [-0.1, -0.05) is 66.7 Å². The van der Waals surface area contributed by atoms with E-state index >= 15 is 0 Å². The molecule has 0 N–H and O–H groups in total. The van der Waals surface area contributed by atoms with Gasteiger partial charge in [0.2, 0.25) is 0 Å². The van der Waals surface area contributed by atoms with Crippen molar-refractivity contribution in [2.24, 2.45) is 0 Å². The molecule has 162 valence electrons. The lowest BCUT2D eigenvalue weighted by Crippen LogP contribution is -2.48. The molecule has 1 aliphatic heterocycles. The molecule has 0 spiro atoms. The zero-order valence-corrected chi connectivity index (χ0v) is 17.9. The molecule has 1 aromatic heterocycles. The molecule has 0 radical (unpaired) electrons. The molecule has 1 aliphatic rings. The summed E-state index contributed by atoms with van der Waals surface area (Å²) >= 11 is 0. The number of carbonyl (C=O) groups is 1. The number of rotatable bonds is 7. The zero-order chi connectivity index (χ0) is 22.2. The van der Waals surface area contributed by atoms with Gasteiger partial charge in [-0.3, -0.25) is 14.7 Å². The van der Waals surface area contributed by atoms with E-state index in [0.717, 1.165) is 16.7 Å². The molecule has 0 bridgehead atoms. The fourth-order valence-corrected chi connectivity index (χ4v) is 4.10. The number of hydrogen-bond donors (Lipinski definition) is 0. The van der Waals surface area contributed by atoms with Gasteiger partial charge >= 0.3 is 5.97 Å². The molecule has 0 saturated carbocycles. The van der Waals surface area contributed by atoms with Gasteiger partial charge < -0.3 is 4.84 Å². The normalized spacial score (nSPS) is 15.8. The highest BCUT2D eigenvalue weighted by Crippen LogP contribution is 2.28. The second-order valence-electron chi connectivity index (χ2n) is 7.82. The minimum Gasteiger partial charge on any atom is -0.368 e. The van der Waals surface area contributed by atoms with E-state index in [9.17, 15) is 10.1 Å². The summed E-state index contributed by atoms with van der Waals surface area (Å²) in [4.78, 5) is 24.7. The molecule has 0 aliphatic carbocycles. The second-order valence-corrected chi connectivity index (χ2v) is 7.82. The molecule has 1 unspecified atom stereocenters. The van der Waals surface area contributed by atoms with Crippen LogP contribution >= 0.6 is 0 Å². The van der Waals surface area contributed by atoms with Crippen molar-refractivity contribution in [3.63, 3.8) is 0 Å². The van der Waals surface area contributed by atoms with Crippen LogP contribution in [0.2, 0.25) is 0 Å². The lowest BCUT2D eigenvalue weighted by atomic mass is 9.89. The lowest BCUT2D eigenvalue weighted by Gasteiger charge is -2.35. The Kier molecular flexibility index (Phi) is 7.23. The Morgan fingerprint density at radius 1 is 0.906 bits per heavy atom. The van der Waals surface area contributed by atoms with Crippen LogP contribution in [0.3, 0.4) is 0 Å². The van der Waals surface area contributed by atoms with Crippen molar-refractivity contribution >= 4 is 5.97 Å². The van der Waals surface area contributed by atoms with Crippen LogP contribution in [-0.4, -0.2) is 47.1 Å². The highest BCUT2D eigenvalue weighted by atomic mass is 16.7. The number of hydroxylamine groups is 2. The summed E-state index contributed by atoms with van der Waals surface area (Å²) in [6.45, 7) is 2.40. The summed E-state index contributed by atoms with van der Waals surface area (Å²) in [7, 11) is 0. The molecule has 2 aromatic carbocycles. The minimum absolute atomic E-state index is 0.0558. The highest BCUT2D eigenvalue weighted by molar-refractivity contribution is 5.71. The lowest BCUT2D eigenvalue weighted by molar-refractivity contribution is -0.198. The third-order valence-electron chi connectivity index (χ3n) is 5.77. The SMILES string of the molecule is N#CC(c1cccnc1)N1CCN(OC(=O)CC(c2ccccc2)c2ccccc2)CC1. The van der Waals surface area contributed by atoms with Crippen molar-refractivity contribution in [3.8, 4) is 6.07 Å². The largest absolute Gasteiger partial charge is 0.368 e. The molecular formula is C26H26N4O2. The molecule has 6 heteroatoms. The molecular weight excluding hydrogens is 400 g/mol. The van der Waals surface area contributed by atoms with Gasteiger partial charge in [0.15, 0.2) is 0 Å². The first-order chi connectivity index (χ1) is 15.7. The number of carbonyl (C=O) groups excluding carboxylic acids is 1. The summed E-state index contributed by atoms with van der Waals surface area (Å²) in [5.41, 5.74) is 3.07. The monoisotopic (exact) mass is 426 g/mol. The van der Waals surface area contributed by atoms with Crippen LogP contribution in [-0.2, 0) is 9.63 Å². The van der Waals surface area contributed by atoms with Gasteiger partial charge in [0.05, 0.1) is 12.5 Å². The Morgan fingerprint density at radius 3 is 2.03 bits per heavy atom. The first kappa shape index (κ1) is 21.7. The Bertz CT molecular complexity index is 990. The minimum atomic E-state index is -0.345. The van der Waals surface area contributed by atoms with Crippen molar-refractivity contribution in [1.29, 1.82) is 5.26 Å². The van der Waals surface area contributed by atoms with E-state index in [1.807, 2.05) is 72.8 Å². The summed E-state index contributed by atoms with van der Waals surface area (Å²) in [5.74, 6) is -0.306. The number of aromatic nitrogens is 1. The van der Waals surface area contributed by atoms with E-state index in [0.29, 0.717) is 26.2 Å². The Labute approximate surface area is 188 Å². The van der Waals surface area contributed by atoms with Crippen LogP contribution in [0, 0.1) is 11.3 Å². The standard InChI is InChI=1S/C26H26N4O2/c27-19-25(23-12-7-13-28-20-23)29-14-16-30(17-15-29)32-26(31)18-24(21-8-3-1-4-9-21)22-10-5-2-6-11-22/h1-13,20,24-25H,14-18H2. The first-order valence-corrected chi connectivity index (χ1v) is 10.8. The summed E-state index contributed by atoms with van der Waals surface area (Å²) < 4.78 is 0. The number of piperazine rings is 1. The average Bonchev–Trinajstić information content (AvgIpc) is 2.86. The topological polar surface area (TPSA) is 69.5 Å². The predicted octanol–water partition coefficient (Wildman–Crippen LogP) is 3.94. The fraction of sp³-hybridized carbons (Fsp3) is 0.269. The van der Waals surface area contributed by atoms with Gasteiger partial charge in [-0.05, 0) is 17.2 Å². The van der Waals surface area contributed by atoms with E-state index in [-0.39, 0.29) is 24.3 Å². The molecule has 2 heterocycles. The van der Waals surface area contributed by atoms with E-state index in [1.54, 1.807) is 17.5 Å². The van der Waals surface area contributed by atoms with Gasteiger partial charge in [-0.15, -0.1) is 5.06 Å². The molecule has 4 rings (SSSR count). The van der Waals surface area contributed by atoms with Gasteiger partial charge in [0, 0.05) is 50.1 Å². The Morgan fingerprint density at radius 2 is 1.50 bits per heavy atom. The fourth-order valence-electron chi connectivity index (χ4n) is 4.10. The van der Waals surface area contributed by atoms with Crippen LogP contribution in [0.1, 0.15) is 35.1 Å². The Balaban J connectivity index is 1.36. The molecule has 0 amide bonds. The molecule has 3 aromatic rings. The molecule has 6 nitrogen and oxygen atoms in total. The van der Waals surface area contributed by atoms with Gasteiger partial charge in [0.25, 0.3) is 0 Å². The van der Waals surface area contributed by atoms with Crippen molar-refractivity contribution in [2.75, 3.05) is 26.2 Å². The maximum Gasteiger partial charge on any atom is 0.326 e. The summed E-state index contributed by atoms with van der Waals surface area (Å²) in [6, 6.07) is 25.9. The second kappa shape index (κ2) is 10.7.